The number of aryl methyl sites for hydroxylation is 1. The fraction of sp³-hybridized carbons (Fsp3) is 0.273. The first-order valence-corrected chi connectivity index (χ1v) is 12.1. The summed E-state index contributed by atoms with van der Waals surface area (Å²) in [6.07, 6.45) is 4.61. The number of anilines is 1. The smallest absolute Gasteiger partial charge is 0.341 e. The number of fused-ring (bicyclic) bond motifs is 2. The highest BCUT2D eigenvalue weighted by atomic mass is 32.2. The lowest BCUT2D eigenvalue weighted by atomic mass is 10.1. The Labute approximate surface area is 191 Å². The van der Waals surface area contributed by atoms with Gasteiger partial charge in [-0.25, -0.2) is 4.79 Å². The lowest BCUT2D eigenvalue weighted by Crippen LogP contribution is -2.16. The minimum Gasteiger partial charge on any atom is -0.462 e. The summed E-state index contributed by atoms with van der Waals surface area (Å²) in [5.41, 5.74) is 3.31. The Hall–Kier alpha value is -3.11. The number of nitrogens with one attached hydrogen (secondary N) is 2. The Morgan fingerprint density at radius 2 is 2.16 bits per heavy atom. The summed E-state index contributed by atoms with van der Waals surface area (Å²) in [4.78, 5) is 29.4. The second-order valence-corrected chi connectivity index (χ2v) is 9.27. The van der Waals surface area contributed by atoms with E-state index in [9.17, 15) is 9.59 Å². The monoisotopic (exact) mass is 468 g/mol. The van der Waals surface area contributed by atoms with Gasteiger partial charge in [-0.15, -0.1) is 21.5 Å². The van der Waals surface area contributed by atoms with Gasteiger partial charge in [-0.05, 0) is 37.8 Å². The van der Waals surface area contributed by atoms with Crippen LogP contribution >= 0.6 is 23.1 Å². The Kier molecular flexibility index (Phi) is 5.71. The molecule has 2 N–H and O–H groups in total. The number of aromatic amines is 1. The number of amides is 1. The molecular formula is C22H20N4O4S2. The topological polar surface area (TPSA) is 110 Å². The molecule has 8 nitrogen and oxygen atoms in total. The van der Waals surface area contributed by atoms with E-state index in [0.717, 1.165) is 57.9 Å². The number of esters is 1. The van der Waals surface area contributed by atoms with Gasteiger partial charge < -0.3 is 19.5 Å². The zero-order chi connectivity index (χ0) is 22.1. The molecule has 0 spiro atoms. The predicted molar refractivity (Wildman–Crippen MR) is 123 cm³/mol. The molecule has 3 aromatic heterocycles. The van der Waals surface area contributed by atoms with Gasteiger partial charge in [0.1, 0.15) is 5.00 Å². The summed E-state index contributed by atoms with van der Waals surface area (Å²) >= 11 is 2.61. The lowest BCUT2D eigenvalue weighted by Gasteiger charge is -2.07. The SMILES string of the molecule is CCOC(=O)c1c(NC(=O)CSc2nnc(-c3c[nH]c4ccccc34)o2)sc2c1CCC2. The maximum absolute atomic E-state index is 12.6. The van der Waals surface area contributed by atoms with Crippen LogP contribution in [0, 0.1) is 0 Å². The van der Waals surface area contributed by atoms with Crippen molar-refractivity contribution >= 4 is 50.9 Å². The Morgan fingerprint density at radius 3 is 3.03 bits per heavy atom. The fourth-order valence-electron chi connectivity index (χ4n) is 3.83. The number of rotatable bonds is 7. The first kappa shape index (κ1) is 20.8. The third kappa shape index (κ3) is 3.91. The molecule has 0 fully saturated rings. The van der Waals surface area contributed by atoms with Crippen molar-refractivity contribution in [2.75, 3.05) is 17.7 Å². The van der Waals surface area contributed by atoms with Crippen LogP contribution in [0.2, 0.25) is 0 Å². The van der Waals surface area contributed by atoms with Crippen LogP contribution in [0.15, 0.2) is 40.1 Å². The molecule has 5 rings (SSSR count). The first-order valence-electron chi connectivity index (χ1n) is 10.3. The summed E-state index contributed by atoms with van der Waals surface area (Å²) in [7, 11) is 0. The molecule has 0 atom stereocenters. The van der Waals surface area contributed by atoms with Crippen molar-refractivity contribution in [2.45, 2.75) is 31.4 Å². The maximum atomic E-state index is 12.6. The summed E-state index contributed by atoms with van der Waals surface area (Å²) in [5.74, 6) is -0.146. The molecule has 0 unspecified atom stereocenters. The number of nitrogens with zero attached hydrogens (tertiary/aromatic N) is 2. The van der Waals surface area contributed by atoms with Gasteiger partial charge in [-0.2, -0.15) is 0 Å². The summed E-state index contributed by atoms with van der Waals surface area (Å²) < 4.78 is 11.0. The van der Waals surface area contributed by atoms with Crippen LogP contribution in [-0.2, 0) is 22.4 Å². The Balaban J connectivity index is 1.26. The van der Waals surface area contributed by atoms with Crippen LogP contribution in [0.4, 0.5) is 5.00 Å². The second-order valence-electron chi connectivity index (χ2n) is 7.24. The fourth-order valence-corrected chi connectivity index (χ4v) is 5.68. The molecule has 10 heteroatoms. The maximum Gasteiger partial charge on any atom is 0.341 e. The van der Waals surface area contributed by atoms with Gasteiger partial charge >= 0.3 is 5.97 Å². The number of thiophene rings is 1. The van der Waals surface area contributed by atoms with Crippen molar-refractivity contribution in [3.63, 3.8) is 0 Å². The number of carbonyl (C=O) groups is 2. The van der Waals surface area contributed by atoms with Crippen LogP contribution in [-0.4, -0.2) is 39.4 Å². The number of para-hydroxylation sites is 1. The van der Waals surface area contributed by atoms with Crippen LogP contribution in [0.25, 0.3) is 22.4 Å². The van der Waals surface area contributed by atoms with Crippen molar-refractivity contribution in [1.82, 2.24) is 15.2 Å². The third-order valence-electron chi connectivity index (χ3n) is 5.21. The van der Waals surface area contributed by atoms with Crippen LogP contribution in [0.5, 0.6) is 0 Å². The highest BCUT2D eigenvalue weighted by Crippen LogP contribution is 2.39. The minimum atomic E-state index is -0.380. The van der Waals surface area contributed by atoms with E-state index >= 15 is 0 Å². The van der Waals surface area contributed by atoms with Gasteiger partial charge in [0.15, 0.2) is 0 Å². The second kappa shape index (κ2) is 8.79. The average Bonchev–Trinajstić information content (AvgIpc) is 3.55. The van der Waals surface area contributed by atoms with Crippen LogP contribution < -0.4 is 5.32 Å². The number of aromatic nitrogens is 3. The van der Waals surface area contributed by atoms with E-state index in [2.05, 4.69) is 20.5 Å². The zero-order valence-electron chi connectivity index (χ0n) is 17.3. The minimum absolute atomic E-state index is 0.0837. The highest BCUT2D eigenvalue weighted by Gasteiger charge is 2.28. The number of ether oxygens (including phenoxy) is 1. The number of hydrogen-bond donors (Lipinski definition) is 2. The van der Waals surface area contributed by atoms with Gasteiger partial charge in [-0.3, -0.25) is 4.79 Å². The normalized spacial score (nSPS) is 12.8. The average molecular weight is 469 g/mol. The third-order valence-corrected chi connectivity index (χ3v) is 7.23. The van der Waals surface area contributed by atoms with Gasteiger partial charge in [-0.1, -0.05) is 30.0 Å². The van der Waals surface area contributed by atoms with Gasteiger partial charge in [0.05, 0.1) is 23.5 Å². The van der Waals surface area contributed by atoms with Crippen LogP contribution in [0.3, 0.4) is 0 Å². The molecule has 164 valence electrons. The van der Waals surface area contributed by atoms with Gasteiger partial charge in [0.2, 0.25) is 5.91 Å². The Bertz CT molecular complexity index is 1310. The van der Waals surface area contributed by atoms with E-state index in [-0.39, 0.29) is 17.6 Å². The lowest BCUT2D eigenvalue weighted by molar-refractivity contribution is -0.113. The van der Waals surface area contributed by atoms with Crippen molar-refractivity contribution in [3.8, 4) is 11.5 Å². The van der Waals surface area contributed by atoms with Gasteiger partial charge in [0.25, 0.3) is 11.1 Å². The molecular weight excluding hydrogens is 448 g/mol. The molecule has 1 amide bonds. The zero-order valence-corrected chi connectivity index (χ0v) is 18.9. The van der Waals surface area contributed by atoms with E-state index in [1.54, 1.807) is 6.92 Å². The largest absolute Gasteiger partial charge is 0.462 e. The molecule has 1 aliphatic carbocycles. The molecule has 0 aliphatic heterocycles. The molecule has 1 aromatic carbocycles. The van der Waals surface area contributed by atoms with E-state index in [4.69, 9.17) is 9.15 Å². The molecule has 0 saturated heterocycles. The summed E-state index contributed by atoms with van der Waals surface area (Å²) in [6.45, 7) is 2.07. The van der Waals surface area contributed by atoms with Crippen molar-refractivity contribution in [2.24, 2.45) is 0 Å². The number of H-pyrrole nitrogens is 1. The summed E-state index contributed by atoms with van der Waals surface area (Å²) in [5, 5.41) is 12.9. The highest BCUT2D eigenvalue weighted by molar-refractivity contribution is 7.99. The molecule has 1 aliphatic rings. The number of carbonyl (C=O) groups excluding carboxylic acids is 2. The predicted octanol–water partition coefficient (Wildman–Crippen LogP) is 4.68. The number of thioether (sulfide) groups is 1. The molecule has 0 saturated carbocycles. The summed E-state index contributed by atoms with van der Waals surface area (Å²) in [6, 6.07) is 7.85. The molecule has 32 heavy (non-hydrogen) atoms. The van der Waals surface area contributed by atoms with E-state index in [1.807, 2.05) is 30.5 Å². The van der Waals surface area contributed by atoms with Crippen molar-refractivity contribution in [3.05, 3.63) is 46.5 Å². The Morgan fingerprint density at radius 1 is 1.28 bits per heavy atom. The van der Waals surface area contributed by atoms with Gasteiger partial charge in [0, 0.05) is 22.0 Å². The van der Waals surface area contributed by atoms with Crippen molar-refractivity contribution < 1.29 is 18.7 Å². The molecule has 0 radical (unpaired) electrons. The molecule has 4 aromatic rings. The number of benzene rings is 1. The quantitative estimate of drug-likeness (QED) is 0.299. The van der Waals surface area contributed by atoms with E-state index in [0.29, 0.717) is 28.3 Å². The van der Waals surface area contributed by atoms with E-state index in [1.165, 1.54) is 11.3 Å². The standard InChI is InChI=1S/C22H20N4O4S2/c1-2-29-21(28)18-13-7-5-9-16(13)32-20(18)24-17(27)11-31-22-26-25-19(30-22)14-10-23-15-8-4-3-6-12(14)15/h3-4,6,8,10,23H,2,5,7,9,11H2,1H3,(H,24,27). The molecule has 3 heterocycles. The van der Waals surface area contributed by atoms with Crippen molar-refractivity contribution in [1.29, 1.82) is 0 Å². The van der Waals surface area contributed by atoms with E-state index < -0.39 is 0 Å². The number of hydrogen-bond acceptors (Lipinski definition) is 8. The van der Waals surface area contributed by atoms with Crippen LogP contribution in [0.1, 0.15) is 34.1 Å². The first-order chi connectivity index (χ1) is 15.6. The molecule has 0 bridgehead atoms.